The molecular formula is C12H20Cl2N2S. The molecule has 0 saturated heterocycles. The zero-order valence-corrected chi connectivity index (χ0v) is 13.0. The molecule has 2 nitrogen and oxygen atoms in total. The summed E-state index contributed by atoms with van der Waals surface area (Å²) in [4.78, 5) is 0. The van der Waals surface area contributed by atoms with E-state index in [1.165, 1.54) is 0 Å². The van der Waals surface area contributed by atoms with Gasteiger partial charge in [0.1, 0.15) is 0 Å². The quantitative estimate of drug-likeness (QED) is 0.695. The molecule has 0 fully saturated rings. The van der Waals surface area contributed by atoms with Crippen LogP contribution < -0.4 is 0 Å². The first-order valence-corrected chi connectivity index (χ1v) is 8.01. The Kier molecular flexibility index (Phi) is 6.75. The minimum atomic E-state index is 0.564. The lowest BCUT2D eigenvalue weighted by atomic mass is 10.3. The Hall–Kier alpha value is 0.140. The van der Waals surface area contributed by atoms with E-state index in [2.05, 4.69) is 25.9 Å². The fourth-order valence-corrected chi connectivity index (χ4v) is 3.51. The van der Waals surface area contributed by atoms with E-state index in [4.69, 9.17) is 23.2 Å². The molecule has 1 aromatic heterocycles. The van der Waals surface area contributed by atoms with Crippen LogP contribution in [0.2, 0.25) is 5.02 Å². The highest BCUT2D eigenvalue weighted by molar-refractivity contribution is 7.99. The van der Waals surface area contributed by atoms with E-state index in [1.54, 1.807) is 0 Å². The van der Waals surface area contributed by atoms with Gasteiger partial charge in [0.25, 0.3) is 0 Å². The van der Waals surface area contributed by atoms with Crippen LogP contribution in [0.15, 0.2) is 0 Å². The number of hydrogen-bond donors (Lipinski definition) is 0. The Bertz CT molecular complexity index is 353. The highest BCUT2D eigenvalue weighted by Gasteiger charge is 2.15. The molecule has 0 aromatic carbocycles. The smallest absolute Gasteiger partial charge is 0.0858 e. The van der Waals surface area contributed by atoms with Crippen molar-refractivity contribution in [1.82, 2.24) is 9.78 Å². The Morgan fingerprint density at radius 3 is 2.65 bits per heavy atom. The first-order valence-electron chi connectivity index (χ1n) is 6.05. The van der Waals surface area contributed by atoms with E-state index in [-0.39, 0.29) is 0 Å². The normalized spacial score (nSPS) is 13.0. The number of aromatic nitrogens is 2. The molecule has 0 spiro atoms. The molecule has 0 radical (unpaired) electrons. The summed E-state index contributed by atoms with van der Waals surface area (Å²) in [7, 11) is 0. The molecule has 1 atom stereocenters. The topological polar surface area (TPSA) is 17.8 Å². The SMILES string of the molecule is CCc1nn(CC)c(CSC(C)CCCl)c1Cl. The van der Waals surface area contributed by atoms with Gasteiger partial charge in [-0.05, 0) is 19.8 Å². The van der Waals surface area contributed by atoms with Gasteiger partial charge in [-0.3, -0.25) is 4.68 Å². The van der Waals surface area contributed by atoms with Crippen molar-refractivity contribution < 1.29 is 0 Å². The Labute approximate surface area is 118 Å². The molecule has 17 heavy (non-hydrogen) atoms. The number of halogens is 2. The van der Waals surface area contributed by atoms with Gasteiger partial charge in [-0.1, -0.05) is 25.4 Å². The zero-order chi connectivity index (χ0) is 12.8. The van der Waals surface area contributed by atoms with Gasteiger partial charge in [0.2, 0.25) is 0 Å². The number of hydrogen-bond acceptors (Lipinski definition) is 2. The summed E-state index contributed by atoms with van der Waals surface area (Å²) in [5, 5.41) is 5.93. The molecule has 0 aliphatic rings. The average Bonchev–Trinajstić information content (AvgIpc) is 2.63. The maximum atomic E-state index is 6.35. The van der Waals surface area contributed by atoms with Gasteiger partial charge in [-0.2, -0.15) is 16.9 Å². The van der Waals surface area contributed by atoms with Gasteiger partial charge in [-0.15, -0.1) is 11.6 Å². The second-order valence-corrected chi connectivity index (χ2v) is 6.16. The van der Waals surface area contributed by atoms with E-state index in [0.717, 1.165) is 47.4 Å². The molecule has 0 N–H and O–H groups in total. The van der Waals surface area contributed by atoms with E-state index < -0.39 is 0 Å². The summed E-state index contributed by atoms with van der Waals surface area (Å²) in [6, 6.07) is 0. The minimum Gasteiger partial charge on any atom is -0.267 e. The molecule has 1 rings (SSSR count). The molecule has 1 aromatic rings. The summed E-state index contributed by atoms with van der Waals surface area (Å²) in [5.74, 6) is 1.63. The Balaban J connectivity index is 2.72. The number of alkyl halides is 1. The lowest BCUT2D eigenvalue weighted by Gasteiger charge is -2.10. The molecular weight excluding hydrogens is 275 g/mol. The third-order valence-corrected chi connectivity index (χ3v) is 4.61. The van der Waals surface area contributed by atoms with E-state index in [0.29, 0.717) is 5.25 Å². The van der Waals surface area contributed by atoms with Gasteiger partial charge < -0.3 is 0 Å². The summed E-state index contributed by atoms with van der Waals surface area (Å²) in [6.45, 7) is 7.26. The summed E-state index contributed by atoms with van der Waals surface area (Å²) in [6.07, 6.45) is 1.92. The van der Waals surface area contributed by atoms with Crippen LogP contribution in [-0.4, -0.2) is 20.9 Å². The van der Waals surface area contributed by atoms with Crippen LogP contribution in [0, 0.1) is 0 Å². The van der Waals surface area contributed by atoms with Crippen molar-refractivity contribution in [3.8, 4) is 0 Å². The zero-order valence-electron chi connectivity index (χ0n) is 10.7. The maximum absolute atomic E-state index is 6.35. The van der Waals surface area contributed by atoms with Gasteiger partial charge >= 0.3 is 0 Å². The highest BCUT2D eigenvalue weighted by atomic mass is 35.5. The minimum absolute atomic E-state index is 0.564. The van der Waals surface area contributed by atoms with Crippen LogP contribution >= 0.6 is 35.0 Å². The van der Waals surface area contributed by atoms with E-state index in [9.17, 15) is 0 Å². The monoisotopic (exact) mass is 294 g/mol. The van der Waals surface area contributed by atoms with Gasteiger partial charge in [0.05, 0.1) is 16.4 Å². The Morgan fingerprint density at radius 1 is 1.41 bits per heavy atom. The largest absolute Gasteiger partial charge is 0.267 e. The van der Waals surface area contributed by atoms with Crippen LogP contribution in [0.25, 0.3) is 0 Å². The average molecular weight is 295 g/mol. The predicted molar refractivity (Wildman–Crippen MR) is 78.4 cm³/mol. The number of aryl methyl sites for hydroxylation is 2. The summed E-state index contributed by atoms with van der Waals surface area (Å²) < 4.78 is 2.02. The second-order valence-electron chi connectivity index (χ2n) is 3.98. The van der Waals surface area contributed by atoms with E-state index >= 15 is 0 Å². The van der Waals surface area contributed by atoms with Crippen molar-refractivity contribution in [3.63, 3.8) is 0 Å². The molecule has 1 heterocycles. The number of nitrogens with zero attached hydrogens (tertiary/aromatic N) is 2. The molecule has 0 aliphatic heterocycles. The van der Waals surface area contributed by atoms with Crippen molar-refractivity contribution in [2.75, 3.05) is 5.88 Å². The van der Waals surface area contributed by atoms with Crippen LogP contribution in [0.4, 0.5) is 0 Å². The van der Waals surface area contributed by atoms with Crippen molar-refractivity contribution in [3.05, 3.63) is 16.4 Å². The lowest BCUT2D eigenvalue weighted by Crippen LogP contribution is -2.04. The summed E-state index contributed by atoms with van der Waals surface area (Å²) in [5.41, 5.74) is 2.16. The predicted octanol–water partition coefficient (Wildman–Crippen LogP) is 4.37. The molecule has 0 bridgehead atoms. The molecule has 98 valence electrons. The number of rotatable bonds is 7. The highest BCUT2D eigenvalue weighted by Crippen LogP contribution is 2.28. The van der Waals surface area contributed by atoms with Gasteiger partial charge in [-0.25, -0.2) is 0 Å². The second kappa shape index (κ2) is 7.55. The molecule has 1 unspecified atom stereocenters. The first kappa shape index (κ1) is 15.2. The fourth-order valence-electron chi connectivity index (χ4n) is 1.61. The molecule has 0 aliphatic carbocycles. The van der Waals surface area contributed by atoms with Crippen LogP contribution in [0.3, 0.4) is 0 Å². The third-order valence-electron chi connectivity index (χ3n) is 2.71. The third kappa shape index (κ3) is 4.08. The Morgan fingerprint density at radius 2 is 2.12 bits per heavy atom. The van der Waals surface area contributed by atoms with Crippen molar-refractivity contribution in [2.24, 2.45) is 0 Å². The lowest BCUT2D eigenvalue weighted by molar-refractivity contribution is 0.627. The first-order chi connectivity index (χ1) is 8.13. The van der Waals surface area contributed by atoms with Crippen molar-refractivity contribution in [1.29, 1.82) is 0 Å². The maximum Gasteiger partial charge on any atom is 0.0858 e. The van der Waals surface area contributed by atoms with E-state index in [1.807, 2.05) is 16.4 Å². The van der Waals surface area contributed by atoms with Crippen LogP contribution in [0.5, 0.6) is 0 Å². The standard InChI is InChI=1S/C12H20Cl2N2S/c1-4-10-12(14)11(16(5-2)15-10)8-17-9(3)6-7-13/h9H,4-8H2,1-3H3. The van der Waals surface area contributed by atoms with Gasteiger partial charge in [0.15, 0.2) is 0 Å². The van der Waals surface area contributed by atoms with Gasteiger partial charge in [0, 0.05) is 23.4 Å². The molecule has 0 saturated carbocycles. The summed E-state index contributed by atoms with van der Waals surface area (Å²) >= 11 is 14.0. The molecule has 5 heteroatoms. The number of thioether (sulfide) groups is 1. The van der Waals surface area contributed by atoms with Crippen LogP contribution in [-0.2, 0) is 18.7 Å². The van der Waals surface area contributed by atoms with Crippen LogP contribution in [0.1, 0.15) is 38.6 Å². The molecule has 0 amide bonds. The fraction of sp³-hybridized carbons (Fsp3) is 0.750. The van der Waals surface area contributed by atoms with Crippen molar-refractivity contribution >= 4 is 35.0 Å². The van der Waals surface area contributed by atoms with Crippen molar-refractivity contribution in [2.45, 2.75) is 51.2 Å².